The van der Waals surface area contributed by atoms with Gasteiger partial charge in [0.15, 0.2) is 5.82 Å². The van der Waals surface area contributed by atoms with Crippen LogP contribution in [0.4, 0.5) is 5.69 Å². The molecule has 0 bridgehead atoms. The van der Waals surface area contributed by atoms with Crippen LogP contribution in [0.3, 0.4) is 0 Å². The molecule has 1 N–H and O–H groups in total. The van der Waals surface area contributed by atoms with Crippen molar-refractivity contribution in [2.75, 3.05) is 5.32 Å². The van der Waals surface area contributed by atoms with Crippen LogP contribution in [0.25, 0.3) is 11.4 Å². The van der Waals surface area contributed by atoms with Gasteiger partial charge in [-0.15, -0.1) is 0 Å². The number of hydrogen-bond acceptors (Lipinski definition) is 3. The molecule has 1 atom stereocenters. The van der Waals surface area contributed by atoms with E-state index in [1.165, 1.54) is 25.7 Å². The number of nitrogens with zero attached hydrogens (tertiary/aromatic N) is 2. The molecule has 0 spiro atoms. The molecule has 20 heavy (non-hydrogen) atoms. The minimum absolute atomic E-state index is 0.503. The Hall–Kier alpha value is -1.90. The molecule has 3 heteroatoms. The summed E-state index contributed by atoms with van der Waals surface area (Å²) in [4.78, 5) is 8.91. The fourth-order valence-corrected chi connectivity index (χ4v) is 2.98. The first kappa shape index (κ1) is 13.1. The molecule has 1 aliphatic carbocycles. The highest BCUT2D eigenvalue weighted by atomic mass is 15.0. The Morgan fingerprint density at radius 1 is 1.05 bits per heavy atom. The van der Waals surface area contributed by atoms with Crippen LogP contribution in [-0.2, 0) is 0 Å². The lowest BCUT2D eigenvalue weighted by Crippen LogP contribution is -2.23. The van der Waals surface area contributed by atoms with Gasteiger partial charge in [-0.3, -0.25) is 0 Å². The van der Waals surface area contributed by atoms with Crippen LogP contribution in [0.2, 0.25) is 0 Å². The minimum Gasteiger partial charge on any atom is -0.380 e. The van der Waals surface area contributed by atoms with Gasteiger partial charge in [-0.05, 0) is 25.7 Å². The fourth-order valence-electron chi connectivity index (χ4n) is 2.98. The molecule has 1 unspecified atom stereocenters. The topological polar surface area (TPSA) is 37.8 Å². The van der Waals surface area contributed by atoms with Crippen molar-refractivity contribution in [2.24, 2.45) is 5.92 Å². The van der Waals surface area contributed by atoms with Crippen molar-refractivity contribution in [1.29, 1.82) is 0 Å². The van der Waals surface area contributed by atoms with E-state index in [1.54, 1.807) is 0 Å². The average Bonchev–Trinajstić information content (AvgIpc) is 3.03. The molecule has 0 radical (unpaired) electrons. The van der Waals surface area contributed by atoms with Crippen LogP contribution in [0.1, 0.15) is 32.6 Å². The fraction of sp³-hybridized carbons (Fsp3) is 0.412. The zero-order chi connectivity index (χ0) is 13.8. The first-order valence-electron chi connectivity index (χ1n) is 7.47. The van der Waals surface area contributed by atoms with Crippen molar-refractivity contribution in [3.8, 4) is 11.4 Å². The molecule has 2 aromatic rings. The molecular formula is C17H21N3. The van der Waals surface area contributed by atoms with Gasteiger partial charge in [0.05, 0.1) is 18.1 Å². The highest BCUT2D eigenvalue weighted by molar-refractivity contribution is 5.55. The van der Waals surface area contributed by atoms with Gasteiger partial charge in [-0.25, -0.2) is 9.97 Å². The quantitative estimate of drug-likeness (QED) is 0.905. The summed E-state index contributed by atoms with van der Waals surface area (Å²) in [5, 5.41) is 3.54. The summed E-state index contributed by atoms with van der Waals surface area (Å²) in [5.41, 5.74) is 2.08. The summed E-state index contributed by atoms with van der Waals surface area (Å²) in [5.74, 6) is 1.58. The van der Waals surface area contributed by atoms with Crippen molar-refractivity contribution in [3.63, 3.8) is 0 Å². The normalized spacial score (nSPS) is 17.1. The van der Waals surface area contributed by atoms with Gasteiger partial charge >= 0.3 is 0 Å². The van der Waals surface area contributed by atoms with Crippen LogP contribution < -0.4 is 5.32 Å². The second-order valence-electron chi connectivity index (χ2n) is 5.64. The molecule has 104 valence electrons. The van der Waals surface area contributed by atoms with E-state index in [0.29, 0.717) is 6.04 Å². The van der Waals surface area contributed by atoms with Crippen LogP contribution in [0, 0.1) is 5.92 Å². The zero-order valence-electron chi connectivity index (χ0n) is 11.9. The Balaban J connectivity index is 1.67. The van der Waals surface area contributed by atoms with Gasteiger partial charge in [0.2, 0.25) is 0 Å². The average molecular weight is 267 g/mol. The largest absolute Gasteiger partial charge is 0.380 e. The summed E-state index contributed by atoms with van der Waals surface area (Å²) in [6, 6.07) is 10.6. The molecule has 1 fully saturated rings. The molecule has 1 aliphatic rings. The van der Waals surface area contributed by atoms with E-state index in [-0.39, 0.29) is 0 Å². The first-order chi connectivity index (χ1) is 9.83. The number of benzene rings is 1. The predicted octanol–water partition coefficient (Wildman–Crippen LogP) is 4.13. The van der Waals surface area contributed by atoms with Crippen molar-refractivity contribution in [3.05, 3.63) is 42.7 Å². The van der Waals surface area contributed by atoms with Crippen LogP contribution >= 0.6 is 0 Å². The van der Waals surface area contributed by atoms with Gasteiger partial charge in [0.1, 0.15) is 0 Å². The Morgan fingerprint density at radius 2 is 1.70 bits per heavy atom. The Bertz CT molecular complexity index is 530. The van der Waals surface area contributed by atoms with Gasteiger partial charge in [-0.1, -0.05) is 43.2 Å². The maximum absolute atomic E-state index is 4.45. The number of aromatic nitrogens is 2. The molecule has 1 heterocycles. The number of anilines is 1. The third-order valence-corrected chi connectivity index (χ3v) is 4.19. The maximum atomic E-state index is 4.45. The molecular weight excluding hydrogens is 246 g/mol. The monoisotopic (exact) mass is 267 g/mol. The summed E-state index contributed by atoms with van der Waals surface area (Å²) in [7, 11) is 0. The van der Waals surface area contributed by atoms with E-state index >= 15 is 0 Å². The summed E-state index contributed by atoms with van der Waals surface area (Å²) >= 11 is 0. The minimum atomic E-state index is 0.503. The van der Waals surface area contributed by atoms with Crippen molar-refractivity contribution < 1.29 is 0 Å². The van der Waals surface area contributed by atoms with E-state index < -0.39 is 0 Å². The predicted molar refractivity (Wildman–Crippen MR) is 82.5 cm³/mol. The van der Waals surface area contributed by atoms with Crippen molar-refractivity contribution >= 4 is 5.69 Å². The number of rotatable bonds is 4. The highest BCUT2D eigenvalue weighted by Gasteiger charge is 2.21. The highest BCUT2D eigenvalue weighted by Crippen LogP contribution is 2.29. The smallest absolute Gasteiger partial charge is 0.159 e. The number of hydrogen-bond donors (Lipinski definition) is 1. The van der Waals surface area contributed by atoms with Gasteiger partial charge in [0, 0.05) is 11.6 Å². The Morgan fingerprint density at radius 3 is 2.35 bits per heavy atom. The van der Waals surface area contributed by atoms with E-state index in [9.17, 15) is 0 Å². The first-order valence-corrected chi connectivity index (χ1v) is 7.47. The molecule has 3 nitrogen and oxygen atoms in total. The van der Waals surface area contributed by atoms with Crippen LogP contribution in [0.5, 0.6) is 0 Å². The summed E-state index contributed by atoms with van der Waals surface area (Å²) < 4.78 is 0. The standard InChI is InChI=1S/C17H21N3/c1-13(14-7-5-6-8-14)20-16-11-18-17(19-12-16)15-9-3-2-4-10-15/h2-4,9-14,20H,5-8H2,1H3. The maximum Gasteiger partial charge on any atom is 0.159 e. The van der Waals surface area contributed by atoms with Gasteiger partial charge < -0.3 is 5.32 Å². The summed E-state index contributed by atoms with van der Waals surface area (Å²) in [6.07, 6.45) is 9.22. The zero-order valence-corrected chi connectivity index (χ0v) is 11.9. The van der Waals surface area contributed by atoms with E-state index in [2.05, 4.69) is 22.2 Å². The lowest BCUT2D eigenvalue weighted by atomic mass is 10.00. The SMILES string of the molecule is CC(Nc1cnc(-c2ccccc2)nc1)C1CCCC1. The Labute approximate surface area is 120 Å². The molecule has 0 aliphatic heterocycles. The summed E-state index contributed by atoms with van der Waals surface area (Å²) in [6.45, 7) is 2.26. The third-order valence-electron chi connectivity index (χ3n) is 4.19. The third kappa shape index (κ3) is 2.98. The second kappa shape index (κ2) is 6.04. The van der Waals surface area contributed by atoms with Gasteiger partial charge in [0.25, 0.3) is 0 Å². The number of nitrogens with one attached hydrogen (secondary N) is 1. The second-order valence-corrected chi connectivity index (χ2v) is 5.64. The molecule has 0 amide bonds. The molecule has 1 saturated carbocycles. The molecule has 3 rings (SSSR count). The van der Waals surface area contributed by atoms with E-state index in [4.69, 9.17) is 0 Å². The van der Waals surface area contributed by atoms with Crippen molar-refractivity contribution in [2.45, 2.75) is 38.6 Å². The lowest BCUT2D eigenvalue weighted by Gasteiger charge is -2.21. The van der Waals surface area contributed by atoms with E-state index in [1.807, 2.05) is 42.7 Å². The van der Waals surface area contributed by atoms with E-state index in [0.717, 1.165) is 23.0 Å². The molecule has 0 saturated heterocycles. The van der Waals surface area contributed by atoms with Crippen molar-refractivity contribution in [1.82, 2.24) is 9.97 Å². The molecule has 1 aromatic heterocycles. The Kier molecular flexibility index (Phi) is 3.95. The van der Waals surface area contributed by atoms with Crippen LogP contribution in [0.15, 0.2) is 42.7 Å². The van der Waals surface area contributed by atoms with Gasteiger partial charge in [-0.2, -0.15) is 0 Å². The molecule has 1 aromatic carbocycles. The lowest BCUT2D eigenvalue weighted by molar-refractivity contribution is 0.482. The van der Waals surface area contributed by atoms with Crippen LogP contribution in [-0.4, -0.2) is 16.0 Å².